The van der Waals surface area contributed by atoms with E-state index >= 15 is 0 Å². The second-order valence-electron chi connectivity index (χ2n) is 4.77. The van der Waals surface area contributed by atoms with Gasteiger partial charge in [-0.05, 0) is 37.6 Å². The summed E-state index contributed by atoms with van der Waals surface area (Å²) in [5.41, 5.74) is -0.179. The van der Waals surface area contributed by atoms with Crippen LogP contribution in [0.1, 0.15) is 25.0 Å². The van der Waals surface area contributed by atoms with Crippen molar-refractivity contribution in [2.45, 2.75) is 26.1 Å². The first-order valence-electron chi connectivity index (χ1n) is 6.14. The average Bonchev–Trinajstić information content (AvgIpc) is 2.64. The van der Waals surface area contributed by atoms with E-state index in [9.17, 15) is 18.0 Å². The molecule has 1 amide bonds. The van der Waals surface area contributed by atoms with Crippen molar-refractivity contribution in [3.8, 4) is 0 Å². The molecule has 21 heavy (non-hydrogen) atoms. The van der Waals surface area contributed by atoms with E-state index in [1.807, 2.05) is 13.8 Å². The summed E-state index contributed by atoms with van der Waals surface area (Å²) in [5.74, 6) is -0.208. The number of thioether (sulfide) groups is 1. The number of carbonyl (C=O) groups is 1. The second kappa shape index (κ2) is 5.81. The molecule has 0 bridgehead atoms. The Morgan fingerprint density at radius 3 is 2.24 bits per heavy atom. The van der Waals surface area contributed by atoms with Gasteiger partial charge in [0.15, 0.2) is 0 Å². The Hall–Kier alpha value is -1.34. The fourth-order valence-corrected chi connectivity index (χ4v) is 3.37. The number of alkyl halides is 3. The smallest absolute Gasteiger partial charge is 0.290 e. The number of nitrogens with zero attached hydrogens (tertiary/aromatic N) is 1. The lowest BCUT2D eigenvalue weighted by Gasteiger charge is -2.18. The first-order valence-corrected chi connectivity index (χ1v) is 7.37. The van der Waals surface area contributed by atoms with E-state index in [0.29, 0.717) is 14.8 Å². The van der Waals surface area contributed by atoms with Crippen molar-refractivity contribution in [2.75, 3.05) is 0 Å². The molecule has 1 aliphatic rings. The zero-order valence-corrected chi connectivity index (χ0v) is 12.9. The Kier molecular flexibility index (Phi) is 4.43. The molecule has 7 heteroatoms. The highest BCUT2D eigenvalue weighted by Crippen LogP contribution is 2.34. The van der Waals surface area contributed by atoms with E-state index in [2.05, 4.69) is 0 Å². The molecule has 0 atom stereocenters. The molecule has 2 nitrogen and oxygen atoms in total. The largest absolute Gasteiger partial charge is 0.416 e. The Morgan fingerprint density at radius 1 is 1.24 bits per heavy atom. The van der Waals surface area contributed by atoms with E-state index < -0.39 is 11.7 Å². The minimum atomic E-state index is -4.36. The summed E-state index contributed by atoms with van der Waals surface area (Å²) in [6.45, 7) is 3.71. The van der Waals surface area contributed by atoms with Crippen molar-refractivity contribution in [1.29, 1.82) is 0 Å². The molecule has 1 aromatic rings. The van der Waals surface area contributed by atoms with Gasteiger partial charge in [-0.25, -0.2) is 0 Å². The fourth-order valence-electron chi connectivity index (χ4n) is 1.84. The van der Waals surface area contributed by atoms with Crippen LogP contribution in [0, 0.1) is 0 Å². The lowest BCUT2D eigenvalue weighted by molar-refractivity contribution is -0.137. The number of hydrogen-bond acceptors (Lipinski definition) is 3. The minimum Gasteiger partial charge on any atom is -0.290 e. The van der Waals surface area contributed by atoms with Crippen molar-refractivity contribution in [3.63, 3.8) is 0 Å². The highest BCUT2D eigenvalue weighted by Gasteiger charge is 2.34. The van der Waals surface area contributed by atoms with Gasteiger partial charge in [0.25, 0.3) is 5.91 Å². The van der Waals surface area contributed by atoms with E-state index in [1.54, 1.807) is 6.08 Å². The maximum absolute atomic E-state index is 12.5. The minimum absolute atomic E-state index is 0.0454. The first-order chi connectivity index (χ1) is 9.70. The van der Waals surface area contributed by atoms with E-state index in [-0.39, 0.29) is 11.9 Å². The summed E-state index contributed by atoms with van der Waals surface area (Å²) in [4.78, 5) is 14.1. The third-order valence-electron chi connectivity index (χ3n) is 2.88. The van der Waals surface area contributed by atoms with Crippen LogP contribution in [-0.2, 0) is 11.0 Å². The van der Waals surface area contributed by atoms with Gasteiger partial charge in [-0.2, -0.15) is 13.2 Å². The van der Waals surface area contributed by atoms with Crippen molar-refractivity contribution in [1.82, 2.24) is 4.90 Å². The summed E-state index contributed by atoms with van der Waals surface area (Å²) in [6, 6.07) is 4.62. The number of carbonyl (C=O) groups excluding carboxylic acids is 1. The monoisotopic (exact) mass is 331 g/mol. The molecular formula is C14H12F3NOS2. The van der Waals surface area contributed by atoms with Gasteiger partial charge >= 0.3 is 6.18 Å². The standard InChI is InChI=1S/C14H12F3NOS2/c1-8(2)18-12(19)11(21-13(18)20)7-9-3-5-10(6-4-9)14(15,16)17/h3-8H,1-2H3. The average molecular weight is 331 g/mol. The highest BCUT2D eigenvalue weighted by atomic mass is 32.2. The zero-order chi connectivity index (χ0) is 15.8. The van der Waals surface area contributed by atoms with Crippen LogP contribution in [0.15, 0.2) is 29.2 Å². The van der Waals surface area contributed by atoms with Crippen LogP contribution < -0.4 is 0 Å². The normalized spacial score (nSPS) is 18.2. The highest BCUT2D eigenvalue weighted by molar-refractivity contribution is 8.26. The lowest BCUT2D eigenvalue weighted by Crippen LogP contribution is -2.34. The van der Waals surface area contributed by atoms with Crippen molar-refractivity contribution < 1.29 is 18.0 Å². The molecule has 0 unspecified atom stereocenters. The van der Waals surface area contributed by atoms with Crippen LogP contribution >= 0.6 is 24.0 Å². The van der Waals surface area contributed by atoms with E-state index in [1.165, 1.54) is 17.0 Å². The van der Waals surface area contributed by atoms with Gasteiger partial charge in [-0.1, -0.05) is 36.1 Å². The number of thiocarbonyl (C=S) groups is 1. The molecule has 0 spiro atoms. The molecule has 1 aromatic carbocycles. The second-order valence-corrected chi connectivity index (χ2v) is 6.44. The van der Waals surface area contributed by atoms with Crippen LogP contribution in [0.3, 0.4) is 0 Å². The maximum Gasteiger partial charge on any atom is 0.416 e. The van der Waals surface area contributed by atoms with Crippen molar-refractivity contribution >= 4 is 40.3 Å². The summed E-state index contributed by atoms with van der Waals surface area (Å²) >= 11 is 6.30. The van der Waals surface area contributed by atoms with Gasteiger partial charge in [0, 0.05) is 6.04 Å². The first kappa shape index (κ1) is 16.0. The molecule has 0 radical (unpaired) electrons. The molecule has 1 saturated heterocycles. The summed E-state index contributed by atoms with van der Waals surface area (Å²) in [7, 11) is 0. The third-order valence-corrected chi connectivity index (χ3v) is 4.21. The van der Waals surface area contributed by atoms with Crippen molar-refractivity contribution in [2.24, 2.45) is 0 Å². The van der Waals surface area contributed by atoms with Crippen LogP contribution in [0.2, 0.25) is 0 Å². The van der Waals surface area contributed by atoms with Gasteiger partial charge < -0.3 is 0 Å². The number of halogens is 3. The lowest BCUT2D eigenvalue weighted by atomic mass is 10.1. The summed E-state index contributed by atoms with van der Waals surface area (Å²) < 4.78 is 37.9. The Bertz CT molecular complexity index is 606. The molecule has 2 rings (SSSR count). The number of benzene rings is 1. The van der Waals surface area contributed by atoms with Gasteiger partial charge in [-0.15, -0.1) is 0 Å². The number of amides is 1. The Morgan fingerprint density at radius 2 is 1.81 bits per heavy atom. The predicted molar refractivity (Wildman–Crippen MR) is 81.6 cm³/mol. The topological polar surface area (TPSA) is 20.3 Å². The molecule has 1 aliphatic heterocycles. The zero-order valence-electron chi connectivity index (χ0n) is 11.3. The molecule has 0 saturated carbocycles. The van der Waals surface area contributed by atoms with E-state index in [0.717, 1.165) is 23.9 Å². The molecule has 112 valence electrons. The molecule has 0 aromatic heterocycles. The number of rotatable bonds is 2. The fraction of sp³-hybridized carbons (Fsp3) is 0.286. The molecular weight excluding hydrogens is 319 g/mol. The van der Waals surface area contributed by atoms with Gasteiger partial charge in [0.05, 0.1) is 10.5 Å². The number of hydrogen-bond donors (Lipinski definition) is 0. The third kappa shape index (κ3) is 3.47. The van der Waals surface area contributed by atoms with Gasteiger partial charge in [0.2, 0.25) is 0 Å². The molecule has 1 fully saturated rings. The van der Waals surface area contributed by atoms with Gasteiger partial charge in [0.1, 0.15) is 4.32 Å². The summed E-state index contributed by atoms with van der Waals surface area (Å²) in [5, 5.41) is 0. The predicted octanol–water partition coefficient (Wildman–Crippen LogP) is 4.32. The summed E-state index contributed by atoms with van der Waals surface area (Å²) in [6.07, 6.45) is -2.80. The van der Waals surface area contributed by atoms with Crippen LogP contribution in [0.25, 0.3) is 6.08 Å². The quantitative estimate of drug-likeness (QED) is 0.595. The molecule has 1 heterocycles. The molecule has 0 aliphatic carbocycles. The SMILES string of the molecule is CC(C)N1C(=O)C(=Cc2ccc(C(F)(F)F)cc2)SC1=S. The molecule has 0 N–H and O–H groups in total. The van der Waals surface area contributed by atoms with Crippen LogP contribution in [0.4, 0.5) is 13.2 Å². The Labute approximate surface area is 130 Å². The van der Waals surface area contributed by atoms with Crippen LogP contribution in [-0.4, -0.2) is 21.2 Å². The maximum atomic E-state index is 12.5. The van der Waals surface area contributed by atoms with Crippen molar-refractivity contribution in [3.05, 3.63) is 40.3 Å². The van der Waals surface area contributed by atoms with Gasteiger partial charge in [-0.3, -0.25) is 9.69 Å². The Balaban J connectivity index is 2.25. The van der Waals surface area contributed by atoms with E-state index in [4.69, 9.17) is 12.2 Å². The van der Waals surface area contributed by atoms with Crippen LogP contribution in [0.5, 0.6) is 0 Å².